The number of para-hydroxylation sites is 3. The number of nitrogens with one attached hydrogen (secondary N) is 2. The Hall–Kier alpha value is -2.71. The predicted octanol–water partition coefficient (Wildman–Crippen LogP) is 2.68. The summed E-state index contributed by atoms with van der Waals surface area (Å²) in [6.07, 6.45) is 2.73. The summed E-state index contributed by atoms with van der Waals surface area (Å²) in [6, 6.07) is 15.5. The molecule has 0 saturated carbocycles. The summed E-state index contributed by atoms with van der Waals surface area (Å²) in [5, 5.41) is 5.40. The first kappa shape index (κ1) is 23.0. The van der Waals surface area contributed by atoms with Crippen LogP contribution in [0.1, 0.15) is 6.42 Å². The molecular formula is C23H30N4O3S. The van der Waals surface area contributed by atoms with Gasteiger partial charge in [-0.25, -0.2) is 0 Å². The Morgan fingerprint density at radius 3 is 2.45 bits per heavy atom. The van der Waals surface area contributed by atoms with Crippen LogP contribution in [0.2, 0.25) is 0 Å². The highest BCUT2D eigenvalue weighted by atomic mass is 32.2. The largest absolute Gasteiger partial charge is 0.495 e. The fourth-order valence-electron chi connectivity index (χ4n) is 3.62. The van der Waals surface area contributed by atoms with Crippen molar-refractivity contribution in [3.63, 3.8) is 0 Å². The van der Waals surface area contributed by atoms with Crippen molar-refractivity contribution in [2.24, 2.45) is 0 Å². The van der Waals surface area contributed by atoms with E-state index in [0.29, 0.717) is 12.2 Å². The molecule has 7 nitrogen and oxygen atoms in total. The van der Waals surface area contributed by atoms with Crippen LogP contribution in [0.4, 0.5) is 11.4 Å². The second-order valence-electron chi connectivity index (χ2n) is 7.26. The molecule has 166 valence electrons. The van der Waals surface area contributed by atoms with E-state index in [1.807, 2.05) is 42.7 Å². The quantitative estimate of drug-likeness (QED) is 0.372. The summed E-state index contributed by atoms with van der Waals surface area (Å²) in [6.45, 7) is 5.14. The Morgan fingerprint density at radius 2 is 1.71 bits per heavy atom. The Labute approximate surface area is 188 Å². The number of carbonyl (C=O) groups is 2. The van der Waals surface area contributed by atoms with Gasteiger partial charge in [0.2, 0.25) is 0 Å². The molecule has 0 aromatic heterocycles. The van der Waals surface area contributed by atoms with Gasteiger partial charge >= 0.3 is 11.8 Å². The second kappa shape index (κ2) is 11.6. The van der Waals surface area contributed by atoms with E-state index >= 15 is 0 Å². The lowest BCUT2D eigenvalue weighted by Crippen LogP contribution is -2.47. The fourth-order valence-corrected chi connectivity index (χ4v) is 4.17. The average molecular weight is 443 g/mol. The van der Waals surface area contributed by atoms with Gasteiger partial charge in [-0.05, 0) is 43.5 Å². The van der Waals surface area contributed by atoms with E-state index in [4.69, 9.17) is 4.74 Å². The van der Waals surface area contributed by atoms with Crippen molar-refractivity contribution in [1.82, 2.24) is 10.2 Å². The number of rotatable bonds is 8. The lowest BCUT2D eigenvalue weighted by molar-refractivity contribution is -0.136. The maximum absolute atomic E-state index is 12.1. The molecule has 1 aliphatic heterocycles. The lowest BCUT2D eigenvalue weighted by atomic mass is 10.2. The molecule has 2 amide bonds. The fraction of sp³-hybridized carbons (Fsp3) is 0.391. The van der Waals surface area contributed by atoms with Crippen molar-refractivity contribution in [3.8, 4) is 5.75 Å². The first-order valence-corrected chi connectivity index (χ1v) is 11.7. The molecule has 0 aliphatic carbocycles. The number of hydrogen-bond donors (Lipinski definition) is 2. The number of hydrogen-bond acceptors (Lipinski definition) is 6. The van der Waals surface area contributed by atoms with Crippen LogP contribution in [0, 0.1) is 0 Å². The van der Waals surface area contributed by atoms with Crippen molar-refractivity contribution in [1.29, 1.82) is 0 Å². The zero-order valence-corrected chi connectivity index (χ0v) is 18.9. The Kier molecular flexibility index (Phi) is 8.61. The molecule has 1 heterocycles. The van der Waals surface area contributed by atoms with Crippen LogP contribution in [-0.4, -0.2) is 69.3 Å². The van der Waals surface area contributed by atoms with Gasteiger partial charge in [0.15, 0.2) is 0 Å². The molecule has 2 N–H and O–H groups in total. The Morgan fingerprint density at radius 1 is 1.00 bits per heavy atom. The van der Waals surface area contributed by atoms with E-state index in [9.17, 15) is 9.59 Å². The average Bonchev–Trinajstić information content (AvgIpc) is 2.82. The zero-order valence-electron chi connectivity index (χ0n) is 18.1. The van der Waals surface area contributed by atoms with Crippen molar-refractivity contribution in [3.05, 3.63) is 48.5 Å². The molecule has 0 radical (unpaired) electrons. The van der Waals surface area contributed by atoms with Gasteiger partial charge in [-0.1, -0.05) is 24.3 Å². The van der Waals surface area contributed by atoms with Gasteiger partial charge in [0.1, 0.15) is 5.75 Å². The van der Waals surface area contributed by atoms with E-state index in [1.54, 1.807) is 13.2 Å². The molecule has 1 fully saturated rings. The summed E-state index contributed by atoms with van der Waals surface area (Å²) in [7, 11) is 1.70. The van der Waals surface area contributed by atoms with Gasteiger partial charge in [-0.3, -0.25) is 14.5 Å². The van der Waals surface area contributed by atoms with Crippen LogP contribution < -0.4 is 20.3 Å². The number of methoxy groups -OCH3 is 1. The van der Waals surface area contributed by atoms with E-state index in [0.717, 1.165) is 55.5 Å². The first-order valence-electron chi connectivity index (χ1n) is 10.4. The van der Waals surface area contributed by atoms with Crippen LogP contribution in [-0.2, 0) is 9.59 Å². The zero-order chi connectivity index (χ0) is 22.1. The van der Waals surface area contributed by atoms with Gasteiger partial charge in [-0.2, -0.15) is 0 Å². The number of nitrogens with zero attached hydrogens (tertiary/aromatic N) is 2. The second-order valence-corrected chi connectivity index (χ2v) is 8.11. The third-order valence-electron chi connectivity index (χ3n) is 5.30. The third kappa shape index (κ3) is 6.38. The Bertz CT molecular complexity index is 885. The molecule has 2 aromatic carbocycles. The standard InChI is InChI=1S/C23H30N4O3S/c1-30-20-10-5-4-9-19(20)27-16-14-26(15-17-27)13-7-12-24-22(28)23(29)25-18-8-3-6-11-21(18)31-2/h3-6,8-11H,7,12-17H2,1-2H3,(H,24,28)(H,25,29). The first-order chi connectivity index (χ1) is 15.1. The summed E-state index contributed by atoms with van der Waals surface area (Å²) >= 11 is 1.52. The van der Waals surface area contributed by atoms with Gasteiger partial charge < -0.3 is 20.3 Å². The number of anilines is 2. The molecule has 31 heavy (non-hydrogen) atoms. The highest BCUT2D eigenvalue weighted by molar-refractivity contribution is 7.98. The highest BCUT2D eigenvalue weighted by Crippen LogP contribution is 2.28. The molecule has 1 saturated heterocycles. The topological polar surface area (TPSA) is 73.9 Å². The minimum absolute atomic E-state index is 0.475. The number of benzene rings is 2. The molecule has 1 aliphatic rings. The van der Waals surface area contributed by atoms with Crippen LogP contribution in [0.15, 0.2) is 53.4 Å². The van der Waals surface area contributed by atoms with Gasteiger partial charge in [0, 0.05) is 37.6 Å². The maximum atomic E-state index is 12.1. The number of amides is 2. The third-order valence-corrected chi connectivity index (χ3v) is 6.09. The van der Waals surface area contributed by atoms with Gasteiger partial charge in [-0.15, -0.1) is 11.8 Å². The number of carbonyl (C=O) groups excluding carboxylic acids is 2. The Balaban J connectivity index is 1.36. The van der Waals surface area contributed by atoms with E-state index in [-0.39, 0.29) is 0 Å². The van der Waals surface area contributed by atoms with Crippen molar-refractivity contribution in [2.45, 2.75) is 11.3 Å². The molecule has 0 unspecified atom stereocenters. The van der Waals surface area contributed by atoms with Crippen LogP contribution in [0.3, 0.4) is 0 Å². The van der Waals surface area contributed by atoms with Crippen molar-refractivity contribution in [2.75, 3.05) is 62.9 Å². The van der Waals surface area contributed by atoms with Crippen molar-refractivity contribution < 1.29 is 14.3 Å². The van der Waals surface area contributed by atoms with Crippen LogP contribution in [0.25, 0.3) is 0 Å². The SMILES string of the molecule is COc1ccccc1N1CCN(CCCNC(=O)C(=O)Nc2ccccc2SC)CC1. The van der Waals surface area contributed by atoms with Crippen LogP contribution in [0.5, 0.6) is 5.75 Å². The number of piperazine rings is 1. The molecule has 0 bridgehead atoms. The smallest absolute Gasteiger partial charge is 0.313 e. The maximum Gasteiger partial charge on any atom is 0.313 e. The minimum atomic E-state index is -0.632. The molecule has 8 heteroatoms. The molecule has 2 aromatic rings. The van der Waals surface area contributed by atoms with Gasteiger partial charge in [0.25, 0.3) is 0 Å². The predicted molar refractivity (Wildman–Crippen MR) is 126 cm³/mol. The molecule has 0 atom stereocenters. The minimum Gasteiger partial charge on any atom is -0.495 e. The normalized spacial score (nSPS) is 14.2. The molecular weight excluding hydrogens is 412 g/mol. The van der Waals surface area contributed by atoms with Crippen LogP contribution >= 0.6 is 11.8 Å². The highest BCUT2D eigenvalue weighted by Gasteiger charge is 2.19. The summed E-state index contributed by atoms with van der Waals surface area (Å²) in [5.74, 6) is -0.332. The molecule has 3 rings (SSSR count). The summed E-state index contributed by atoms with van der Waals surface area (Å²) < 4.78 is 5.47. The lowest BCUT2D eigenvalue weighted by Gasteiger charge is -2.36. The monoisotopic (exact) mass is 442 g/mol. The number of ether oxygens (including phenoxy) is 1. The van der Waals surface area contributed by atoms with E-state index in [2.05, 4.69) is 26.5 Å². The molecule has 0 spiro atoms. The van der Waals surface area contributed by atoms with Crippen molar-refractivity contribution >= 4 is 35.0 Å². The van der Waals surface area contributed by atoms with E-state index < -0.39 is 11.8 Å². The summed E-state index contributed by atoms with van der Waals surface area (Å²) in [4.78, 5) is 29.9. The summed E-state index contributed by atoms with van der Waals surface area (Å²) in [5.41, 5.74) is 1.79. The van der Waals surface area contributed by atoms with E-state index in [1.165, 1.54) is 11.8 Å². The number of thioether (sulfide) groups is 1. The van der Waals surface area contributed by atoms with Gasteiger partial charge in [0.05, 0.1) is 18.5 Å².